The van der Waals surface area contributed by atoms with Crippen LogP contribution in [0.2, 0.25) is 5.02 Å². The summed E-state index contributed by atoms with van der Waals surface area (Å²) in [4.78, 5) is 10.6. The van der Waals surface area contributed by atoms with Crippen molar-refractivity contribution in [2.75, 3.05) is 44.6 Å². The maximum absolute atomic E-state index is 5.71. The number of nitrogens with zero attached hydrogens (tertiary/aromatic N) is 3. The van der Waals surface area contributed by atoms with Gasteiger partial charge in [-0.1, -0.05) is 11.6 Å². The zero-order valence-corrected chi connectivity index (χ0v) is 10.6. The molecule has 2 rings (SSSR count). The zero-order valence-electron chi connectivity index (χ0n) is 9.82. The van der Waals surface area contributed by atoms with Crippen LogP contribution in [0.1, 0.15) is 6.42 Å². The Hall–Kier alpha value is -0.910. The maximum Gasteiger partial charge on any atom is 0.222 e. The molecule has 0 unspecified atom stereocenters. The number of anilines is 1. The van der Waals surface area contributed by atoms with E-state index >= 15 is 0 Å². The van der Waals surface area contributed by atoms with Gasteiger partial charge in [0.2, 0.25) is 5.95 Å². The molecule has 0 spiro atoms. The molecule has 1 aromatic heterocycles. The van der Waals surface area contributed by atoms with Crippen molar-refractivity contribution in [2.45, 2.75) is 6.42 Å². The molecule has 0 saturated carbocycles. The SMILES string of the molecule is Clc1cnc(NCCCN2CCNCC2)nc1. The maximum atomic E-state index is 5.71. The Balaban J connectivity index is 1.60. The van der Waals surface area contributed by atoms with Crippen LogP contribution in [-0.4, -0.2) is 54.1 Å². The highest BCUT2D eigenvalue weighted by molar-refractivity contribution is 6.30. The van der Waals surface area contributed by atoms with Gasteiger partial charge in [-0.2, -0.15) is 0 Å². The molecule has 0 amide bonds. The van der Waals surface area contributed by atoms with E-state index in [0.717, 1.165) is 45.7 Å². The van der Waals surface area contributed by atoms with Gasteiger partial charge >= 0.3 is 0 Å². The monoisotopic (exact) mass is 255 g/mol. The van der Waals surface area contributed by atoms with Crippen LogP contribution in [-0.2, 0) is 0 Å². The van der Waals surface area contributed by atoms with Crippen molar-refractivity contribution in [3.8, 4) is 0 Å². The van der Waals surface area contributed by atoms with Crippen LogP contribution in [0.5, 0.6) is 0 Å². The van der Waals surface area contributed by atoms with Gasteiger partial charge in [-0.3, -0.25) is 0 Å². The molecular weight excluding hydrogens is 238 g/mol. The summed E-state index contributed by atoms with van der Waals surface area (Å²) in [5.41, 5.74) is 0. The summed E-state index contributed by atoms with van der Waals surface area (Å²) >= 11 is 5.71. The molecule has 1 aromatic rings. The topological polar surface area (TPSA) is 53.1 Å². The van der Waals surface area contributed by atoms with Gasteiger partial charge in [-0.15, -0.1) is 0 Å². The molecule has 1 aliphatic rings. The van der Waals surface area contributed by atoms with Crippen LogP contribution in [0.25, 0.3) is 0 Å². The Morgan fingerprint density at radius 1 is 1.29 bits per heavy atom. The summed E-state index contributed by atoms with van der Waals surface area (Å²) in [6, 6.07) is 0. The summed E-state index contributed by atoms with van der Waals surface area (Å²) in [7, 11) is 0. The minimum atomic E-state index is 0.566. The molecule has 0 aliphatic carbocycles. The third-order valence-electron chi connectivity index (χ3n) is 2.76. The second kappa shape index (κ2) is 6.74. The highest BCUT2D eigenvalue weighted by atomic mass is 35.5. The number of hydrogen-bond acceptors (Lipinski definition) is 5. The Bertz CT molecular complexity index is 323. The van der Waals surface area contributed by atoms with Crippen LogP contribution < -0.4 is 10.6 Å². The van der Waals surface area contributed by atoms with Crippen LogP contribution in [0.15, 0.2) is 12.4 Å². The predicted molar refractivity (Wildman–Crippen MR) is 69.5 cm³/mol. The lowest BCUT2D eigenvalue weighted by Gasteiger charge is -2.27. The fraction of sp³-hybridized carbons (Fsp3) is 0.636. The highest BCUT2D eigenvalue weighted by Crippen LogP contribution is 2.05. The second-order valence-corrected chi connectivity index (χ2v) is 4.53. The van der Waals surface area contributed by atoms with Gasteiger partial charge in [0.05, 0.1) is 17.4 Å². The van der Waals surface area contributed by atoms with Crippen molar-refractivity contribution >= 4 is 17.5 Å². The fourth-order valence-electron chi connectivity index (χ4n) is 1.84. The third kappa shape index (κ3) is 4.46. The molecule has 1 saturated heterocycles. The molecule has 5 nitrogen and oxygen atoms in total. The van der Waals surface area contributed by atoms with E-state index in [9.17, 15) is 0 Å². The Morgan fingerprint density at radius 2 is 2.00 bits per heavy atom. The number of aromatic nitrogens is 2. The van der Waals surface area contributed by atoms with E-state index in [1.54, 1.807) is 12.4 Å². The second-order valence-electron chi connectivity index (χ2n) is 4.10. The van der Waals surface area contributed by atoms with Gasteiger partial charge in [0.1, 0.15) is 0 Å². The van der Waals surface area contributed by atoms with Crippen molar-refractivity contribution in [2.24, 2.45) is 0 Å². The first-order valence-electron chi connectivity index (χ1n) is 5.99. The highest BCUT2D eigenvalue weighted by Gasteiger charge is 2.08. The molecule has 0 aromatic carbocycles. The lowest BCUT2D eigenvalue weighted by atomic mass is 10.3. The summed E-state index contributed by atoms with van der Waals surface area (Å²) in [5.74, 6) is 0.648. The number of nitrogens with one attached hydrogen (secondary N) is 2. The van der Waals surface area contributed by atoms with Crippen molar-refractivity contribution in [3.05, 3.63) is 17.4 Å². The minimum absolute atomic E-state index is 0.566. The number of hydrogen-bond donors (Lipinski definition) is 2. The fourth-order valence-corrected chi connectivity index (χ4v) is 1.94. The van der Waals surface area contributed by atoms with Gasteiger partial charge in [0.25, 0.3) is 0 Å². The van der Waals surface area contributed by atoms with Gasteiger partial charge in [0.15, 0.2) is 0 Å². The number of halogens is 1. The van der Waals surface area contributed by atoms with E-state index in [-0.39, 0.29) is 0 Å². The Kier molecular flexibility index (Phi) is 4.97. The van der Waals surface area contributed by atoms with Crippen LogP contribution in [0.4, 0.5) is 5.95 Å². The van der Waals surface area contributed by atoms with Gasteiger partial charge in [-0.25, -0.2) is 9.97 Å². The van der Waals surface area contributed by atoms with E-state index in [4.69, 9.17) is 11.6 Å². The van der Waals surface area contributed by atoms with Crippen LogP contribution >= 0.6 is 11.6 Å². The average molecular weight is 256 g/mol. The van der Waals surface area contributed by atoms with Crippen molar-refractivity contribution < 1.29 is 0 Å². The molecule has 0 radical (unpaired) electrons. The first-order chi connectivity index (χ1) is 8.34. The van der Waals surface area contributed by atoms with Crippen molar-refractivity contribution in [3.63, 3.8) is 0 Å². The molecule has 0 atom stereocenters. The summed E-state index contributed by atoms with van der Waals surface area (Å²) < 4.78 is 0. The Labute approximate surface area is 107 Å². The lowest BCUT2D eigenvalue weighted by molar-refractivity contribution is 0.240. The molecule has 1 fully saturated rings. The van der Waals surface area contributed by atoms with E-state index in [1.807, 2.05) is 0 Å². The van der Waals surface area contributed by atoms with E-state index in [0.29, 0.717) is 11.0 Å². The first kappa shape index (κ1) is 12.5. The smallest absolute Gasteiger partial charge is 0.222 e. The van der Waals surface area contributed by atoms with Crippen LogP contribution in [0, 0.1) is 0 Å². The van der Waals surface area contributed by atoms with Crippen molar-refractivity contribution in [1.29, 1.82) is 0 Å². The molecule has 1 aliphatic heterocycles. The first-order valence-corrected chi connectivity index (χ1v) is 6.37. The minimum Gasteiger partial charge on any atom is -0.354 e. The number of piperazine rings is 1. The molecule has 94 valence electrons. The predicted octanol–water partition coefficient (Wildman–Crippen LogP) is 0.837. The Morgan fingerprint density at radius 3 is 2.71 bits per heavy atom. The molecule has 0 bridgehead atoms. The largest absolute Gasteiger partial charge is 0.354 e. The molecule has 2 heterocycles. The molecule has 6 heteroatoms. The zero-order chi connectivity index (χ0) is 11.9. The molecule has 2 N–H and O–H groups in total. The summed E-state index contributed by atoms with van der Waals surface area (Å²) in [6.45, 7) is 6.53. The van der Waals surface area contributed by atoms with Crippen LogP contribution in [0.3, 0.4) is 0 Å². The van der Waals surface area contributed by atoms with Gasteiger partial charge < -0.3 is 15.5 Å². The van der Waals surface area contributed by atoms with Gasteiger partial charge in [-0.05, 0) is 13.0 Å². The van der Waals surface area contributed by atoms with Crippen molar-refractivity contribution in [1.82, 2.24) is 20.2 Å². The normalized spacial score (nSPS) is 17.0. The number of rotatable bonds is 5. The molecular formula is C11H18ClN5. The van der Waals surface area contributed by atoms with Gasteiger partial charge in [0, 0.05) is 32.7 Å². The van der Waals surface area contributed by atoms with E-state index < -0.39 is 0 Å². The van der Waals surface area contributed by atoms with E-state index in [1.165, 1.54) is 0 Å². The lowest BCUT2D eigenvalue weighted by Crippen LogP contribution is -2.44. The summed E-state index contributed by atoms with van der Waals surface area (Å²) in [6.07, 6.45) is 4.31. The average Bonchev–Trinajstić information content (AvgIpc) is 2.38. The third-order valence-corrected chi connectivity index (χ3v) is 2.96. The standard InChI is InChI=1S/C11H18ClN5/c12-10-8-15-11(16-9-10)14-2-1-5-17-6-3-13-4-7-17/h8-9,13H,1-7H2,(H,14,15,16). The molecule has 17 heavy (non-hydrogen) atoms. The quantitative estimate of drug-likeness (QED) is 0.764. The summed E-state index contributed by atoms with van der Waals surface area (Å²) in [5, 5.41) is 7.10. The van der Waals surface area contributed by atoms with E-state index in [2.05, 4.69) is 25.5 Å².